The van der Waals surface area contributed by atoms with Gasteiger partial charge in [-0.1, -0.05) is 12.1 Å². The molecule has 0 atom stereocenters. The van der Waals surface area contributed by atoms with Gasteiger partial charge in [-0.05, 0) is 12.8 Å². The van der Waals surface area contributed by atoms with Crippen molar-refractivity contribution < 1.29 is 5.21 Å². The van der Waals surface area contributed by atoms with Crippen LogP contribution in [0.15, 0.2) is 5.16 Å². The van der Waals surface area contributed by atoms with Crippen molar-refractivity contribution in [3.8, 4) is 0 Å². The predicted octanol–water partition coefficient (Wildman–Crippen LogP) is 1.21. The summed E-state index contributed by atoms with van der Waals surface area (Å²) in [7, 11) is 0. The SMILES string of the molecule is CCc1nsc(N(CCC(N)=NO)C2CC2)n1. The Morgan fingerprint density at radius 1 is 1.65 bits per heavy atom. The number of oxime groups is 1. The van der Waals surface area contributed by atoms with Gasteiger partial charge < -0.3 is 15.8 Å². The van der Waals surface area contributed by atoms with E-state index >= 15 is 0 Å². The quantitative estimate of drug-likeness (QED) is 0.345. The molecule has 1 aromatic rings. The van der Waals surface area contributed by atoms with Crippen LogP contribution in [-0.4, -0.2) is 33.0 Å². The molecule has 3 N–H and O–H groups in total. The molecule has 6 nitrogen and oxygen atoms in total. The van der Waals surface area contributed by atoms with Gasteiger partial charge in [0.1, 0.15) is 11.7 Å². The van der Waals surface area contributed by atoms with Crippen molar-refractivity contribution in [1.29, 1.82) is 0 Å². The minimum atomic E-state index is 0.260. The predicted molar refractivity (Wildman–Crippen MR) is 67.7 cm³/mol. The van der Waals surface area contributed by atoms with E-state index < -0.39 is 0 Å². The van der Waals surface area contributed by atoms with Gasteiger partial charge in [0.25, 0.3) is 0 Å². The smallest absolute Gasteiger partial charge is 0.205 e. The first-order valence-electron chi connectivity index (χ1n) is 5.80. The Morgan fingerprint density at radius 3 is 2.94 bits per heavy atom. The summed E-state index contributed by atoms with van der Waals surface area (Å²) in [4.78, 5) is 6.70. The lowest BCUT2D eigenvalue weighted by Gasteiger charge is -2.20. The molecule has 0 saturated heterocycles. The fraction of sp³-hybridized carbons (Fsp3) is 0.700. The van der Waals surface area contributed by atoms with Crippen molar-refractivity contribution in [1.82, 2.24) is 9.36 Å². The van der Waals surface area contributed by atoms with Gasteiger partial charge >= 0.3 is 0 Å². The summed E-state index contributed by atoms with van der Waals surface area (Å²) in [5, 5.41) is 12.5. The van der Waals surface area contributed by atoms with Crippen LogP contribution in [0.4, 0.5) is 5.13 Å². The van der Waals surface area contributed by atoms with Crippen molar-refractivity contribution in [2.45, 2.75) is 38.6 Å². The molecule has 1 fully saturated rings. The molecule has 0 bridgehead atoms. The summed E-state index contributed by atoms with van der Waals surface area (Å²) in [6, 6.07) is 0.555. The lowest BCUT2D eigenvalue weighted by atomic mass is 10.3. The Morgan fingerprint density at radius 2 is 2.41 bits per heavy atom. The first kappa shape index (κ1) is 12.1. The van der Waals surface area contributed by atoms with Crippen LogP contribution in [0.5, 0.6) is 0 Å². The van der Waals surface area contributed by atoms with Crippen molar-refractivity contribution in [2.75, 3.05) is 11.4 Å². The minimum absolute atomic E-state index is 0.260. The second-order valence-corrected chi connectivity index (χ2v) is 4.84. The molecule has 1 aromatic heterocycles. The van der Waals surface area contributed by atoms with Gasteiger partial charge in [-0.15, -0.1) is 0 Å². The number of nitrogens with two attached hydrogens (primary N) is 1. The van der Waals surface area contributed by atoms with E-state index in [1.54, 1.807) is 0 Å². The maximum atomic E-state index is 8.53. The summed E-state index contributed by atoms with van der Waals surface area (Å²) < 4.78 is 4.29. The van der Waals surface area contributed by atoms with Crippen molar-refractivity contribution in [3.05, 3.63) is 5.82 Å². The molecule has 0 aliphatic heterocycles. The van der Waals surface area contributed by atoms with E-state index in [1.807, 2.05) is 6.92 Å². The zero-order valence-electron chi connectivity index (χ0n) is 9.83. The lowest BCUT2D eigenvalue weighted by molar-refractivity contribution is 0.317. The first-order chi connectivity index (χ1) is 8.24. The Kier molecular flexibility index (Phi) is 3.78. The molecule has 0 unspecified atom stereocenters. The molecule has 0 radical (unpaired) electrons. The van der Waals surface area contributed by atoms with E-state index in [0.29, 0.717) is 12.5 Å². The van der Waals surface area contributed by atoms with Crippen molar-refractivity contribution in [3.63, 3.8) is 0 Å². The highest BCUT2D eigenvalue weighted by atomic mass is 32.1. The van der Waals surface area contributed by atoms with Crippen LogP contribution < -0.4 is 10.6 Å². The second-order valence-electron chi connectivity index (χ2n) is 4.11. The maximum absolute atomic E-state index is 8.53. The third-order valence-electron chi connectivity index (χ3n) is 2.74. The van der Waals surface area contributed by atoms with Gasteiger partial charge in [-0.3, -0.25) is 0 Å². The average molecular weight is 255 g/mol. The van der Waals surface area contributed by atoms with Crippen LogP contribution in [0.3, 0.4) is 0 Å². The molecule has 94 valence electrons. The molecule has 7 heteroatoms. The first-order valence-corrected chi connectivity index (χ1v) is 6.57. The van der Waals surface area contributed by atoms with Gasteiger partial charge in [0.15, 0.2) is 0 Å². The van der Waals surface area contributed by atoms with E-state index in [0.717, 1.165) is 23.9 Å². The molecule has 17 heavy (non-hydrogen) atoms. The van der Waals surface area contributed by atoms with Crippen LogP contribution in [-0.2, 0) is 6.42 Å². The Bertz CT molecular complexity index is 401. The van der Waals surface area contributed by atoms with Gasteiger partial charge in [0, 0.05) is 37.0 Å². The number of hydrogen-bond acceptors (Lipinski definition) is 6. The van der Waals surface area contributed by atoms with Crippen LogP contribution in [0.2, 0.25) is 0 Å². The summed E-state index contributed by atoms with van der Waals surface area (Å²) in [6.07, 6.45) is 3.79. The molecular weight excluding hydrogens is 238 g/mol. The van der Waals surface area contributed by atoms with Crippen molar-refractivity contribution >= 4 is 22.5 Å². The summed E-state index contributed by atoms with van der Waals surface area (Å²) in [5.74, 6) is 1.15. The molecule has 2 rings (SSSR count). The molecule has 1 heterocycles. The topological polar surface area (TPSA) is 87.6 Å². The Hall–Kier alpha value is -1.37. The van der Waals surface area contributed by atoms with Gasteiger partial charge in [0.2, 0.25) is 5.13 Å². The van der Waals surface area contributed by atoms with Crippen LogP contribution >= 0.6 is 11.5 Å². The van der Waals surface area contributed by atoms with E-state index in [2.05, 4.69) is 19.4 Å². The standard InChI is InChI=1S/C10H17N5OS/c1-2-9-12-10(17-14-9)15(7-3-4-7)6-5-8(11)13-16/h7,16H,2-6H2,1H3,(H2,11,13). The largest absolute Gasteiger partial charge is 0.409 e. The number of hydrogen-bond donors (Lipinski definition) is 2. The fourth-order valence-electron chi connectivity index (χ4n) is 1.61. The summed E-state index contributed by atoms with van der Waals surface area (Å²) >= 11 is 1.43. The molecular formula is C10H17N5OS. The number of aryl methyl sites for hydroxylation is 1. The molecule has 0 amide bonds. The molecule has 1 aliphatic carbocycles. The third-order valence-corrected chi connectivity index (χ3v) is 3.54. The monoisotopic (exact) mass is 255 g/mol. The molecule has 1 aliphatic rings. The second kappa shape index (κ2) is 5.31. The number of rotatable bonds is 6. The third kappa shape index (κ3) is 3.06. The zero-order chi connectivity index (χ0) is 12.3. The highest BCUT2D eigenvalue weighted by Gasteiger charge is 2.31. The van der Waals surface area contributed by atoms with Gasteiger partial charge in [-0.25, -0.2) is 4.98 Å². The Balaban J connectivity index is 2.01. The van der Waals surface area contributed by atoms with Crippen LogP contribution in [0.25, 0.3) is 0 Å². The molecule has 0 spiro atoms. The lowest BCUT2D eigenvalue weighted by Crippen LogP contribution is -2.30. The highest BCUT2D eigenvalue weighted by Crippen LogP contribution is 2.32. The van der Waals surface area contributed by atoms with Crippen LogP contribution in [0, 0.1) is 0 Å². The van der Waals surface area contributed by atoms with Gasteiger partial charge in [-0.2, -0.15) is 4.37 Å². The summed E-state index contributed by atoms with van der Waals surface area (Å²) in [5.41, 5.74) is 5.49. The number of aromatic nitrogens is 2. The van der Waals surface area contributed by atoms with Crippen LogP contribution in [0.1, 0.15) is 32.0 Å². The minimum Gasteiger partial charge on any atom is -0.409 e. The summed E-state index contributed by atoms with van der Waals surface area (Å²) in [6.45, 7) is 2.78. The maximum Gasteiger partial charge on any atom is 0.205 e. The van der Waals surface area contributed by atoms with E-state index in [-0.39, 0.29) is 5.84 Å². The molecule has 1 saturated carbocycles. The molecule has 0 aromatic carbocycles. The average Bonchev–Trinajstić information content (AvgIpc) is 3.07. The van der Waals surface area contributed by atoms with E-state index in [4.69, 9.17) is 10.9 Å². The fourth-order valence-corrected chi connectivity index (χ4v) is 2.46. The highest BCUT2D eigenvalue weighted by molar-refractivity contribution is 7.09. The zero-order valence-corrected chi connectivity index (χ0v) is 10.7. The number of amidine groups is 1. The normalized spacial score (nSPS) is 16.2. The van der Waals surface area contributed by atoms with Gasteiger partial charge in [0.05, 0.1) is 0 Å². The number of nitrogens with zero attached hydrogens (tertiary/aromatic N) is 4. The Labute approximate surface area is 104 Å². The van der Waals surface area contributed by atoms with Crippen molar-refractivity contribution in [2.24, 2.45) is 10.9 Å². The number of anilines is 1. The van der Waals surface area contributed by atoms with E-state index in [9.17, 15) is 0 Å². The van der Waals surface area contributed by atoms with E-state index in [1.165, 1.54) is 24.4 Å².